The lowest BCUT2D eigenvalue weighted by Gasteiger charge is -2.43. The molecule has 3 heterocycles. The Kier molecular flexibility index (Phi) is 8.83. The summed E-state index contributed by atoms with van der Waals surface area (Å²) in [5, 5.41) is 3.65. The van der Waals surface area contributed by atoms with Crippen LogP contribution in [0.3, 0.4) is 0 Å². The van der Waals surface area contributed by atoms with Crippen LogP contribution in [0, 0.1) is 0 Å². The number of guanidine groups is 1. The van der Waals surface area contributed by atoms with E-state index in [0.717, 1.165) is 64.6 Å². The summed E-state index contributed by atoms with van der Waals surface area (Å²) in [7, 11) is 3.74. The molecule has 1 atom stereocenters. The van der Waals surface area contributed by atoms with E-state index in [9.17, 15) is 0 Å². The molecular formula is C20H38IN5O. The third-order valence-electron chi connectivity index (χ3n) is 6.35. The Hall–Kier alpha value is -0.380. The van der Waals surface area contributed by atoms with Crippen molar-refractivity contribution in [3.05, 3.63) is 12.2 Å². The molecular weight excluding hydrogens is 453 g/mol. The third-order valence-corrected chi connectivity index (χ3v) is 6.35. The fraction of sp³-hybridized carbons (Fsp3) is 0.850. The Morgan fingerprint density at radius 2 is 1.81 bits per heavy atom. The highest BCUT2D eigenvalue weighted by atomic mass is 127. The van der Waals surface area contributed by atoms with Crippen molar-refractivity contribution in [2.45, 2.75) is 50.8 Å². The average Bonchev–Trinajstić information content (AvgIpc) is 3.34. The lowest BCUT2D eigenvalue weighted by Crippen LogP contribution is -2.56. The molecule has 0 aliphatic carbocycles. The topological polar surface area (TPSA) is 43.3 Å². The molecule has 1 N–H and O–H groups in total. The molecule has 0 bridgehead atoms. The monoisotopic (exact) mass is 491 g/mol. The number of hydrogen-bond donors (Lipinski definition) is 1. The minimum atomic E-state index is 0. The number of rotatable bonds is 5. The van der Waals surface area contributed by atoms with Gasteiger partial charge in [0.1, 0.15) is 0 Å². The Labute approximate surface area is 182 Å². The van der Waals surface area contributed by atoms with Crippen molar-refractivity contribution in [1.82, 2.24) is 20.0 Å². The highest BCUT2D eigenvalue weighted by Crippen LogP contribution is 2.22. The minimum Gasteiger partial charge on any atom is -0.381 e. The van der Waals surface area contributed by atoms with Crippen LogP contribution in [0.2, 0.25) is 0 Å². The number of nitrogens with zero attached hydrogens (tertiary/aromatic N) is 4. The quantitative estimate of drug-likeness (QED) is 0.276. The molecule has 2 fully saturated rings. The van der Waals surface area contributed by atoms with Gasteiger partial charge in [-0.3, -0.25) is 14.8 Å². The van der Waals surface area contributed by atoms with Crippen molar-refractivity contribution in [1.29, 1.82) is 0 Å². The molecule has 0 spiro atoms. The summed E-state index contributed by atoms with van der Waals surface area (Å²) in [5.74, 6) is 1.06. The summed E-state index contributed by atoms with van der Waals surface area (Å²) >= 11 is 0. The largest absolute Gasteiger partial charge is 0.381 e. The van der Waals surface area contributed by atoms with Crippen LogP contribution in [0.4, 0.5) is 0 Å². The van der Waals surface area contributed by atoms with E-state index in [4.69, 9.17) is 4.74 Å². The van der Waals surface area contributed by atoms with Gasteiger partial charge in [-0.25, -0.2) is 0 Å². The maximum absolute atomic E-state index is 5.51. The van der Waals surface area contributed by atoms with E-state index in [-0.39, 0.29) is 29.5 Å². The summed E-state index contributed by atoms with van der Waals surface area (Å²) in [6, 6.07) is 0.657. The Bertz CT molecular complexity index is 509. The number of likely N-dealkylation sites (tertiary alicyclic amines) is 2. The molecule has 3 aliphatic rings. The van der Waals surface area contributed by atoms with Gasteiger partial charge >= 0.3 is 0 Å². The Balaban J connectivity index is 0.00000261. The smallest absolute Gasteiger partial charge is 0.193 e. The fourth-order valence-corrected chi connectivity index (χ4v) is 4.46. The molecule has 3 rings (SSSR count). The van der Waals surface area contributed by atoms with E-state index in [1.54, 1.807) is 0 Å². The fourth-order valence-electron chi connectivity index (χ4n) is 4.46. The van der Waals surface area contributed by atoms with Gasteiger partial charge in [0.2, 0.25) is 0 Å². The van der Waals surface area contributed by atoms with Gasteiger partial charge in [0.15, 0.2) is 5.96 Å². The number of ether oxygens (including phenoxy) is 1. The van der Waals surface area contributed by atoms with E-state index in [2.05, 4.69) is 51.0 Å². The second kappa shape index (κ2) is 10.4. The van der Waals surface area contributed by atoms with Crippen LogP contribution < -0.4 is 5.32 Å². The summed E-state index contributed by atoms with van der Waals surface area (Å²) in [6.45, 7) is 12.2. The molecule has 0 saturated carbocycles. The first kappa shape index (κ1) is 22.9. The van der Waals surface area contributed by atoms with E-state index >= 15 is 0 Å². The predicted octanol–water partition coefficient (Wildman–Crippen LogP) is 2.02. The van der Waals surface area contributed by atoms with Crippen LogP contribution in [-0.4, -0.2) is 98.3 Å². The van der Waals surface area contributed by atoms with Gasteiger partial charge in [-0.2, -0.15) is 0 Å². The molecule has 2 saturated heterocycles. The first-order chi connectivity index (χ1) is 12.5. The SMILES string of the molecule is CN=C(NCC(C)(C)N1CCC(OC)CC1)N1CCC(N2CC=CC2)C1.I. The van der Waals surface area contributed by atoms with Crippen molar-refractivity contribution in [3.8, 4) is 0 Å². The van der Waals surface area contributed by atoms with Gasteiger partial charge in [0.25, 0.3) is 0 Å². The Morgan fingerprint density at radius 3 is 2.41 bits per heavy atom. The van der Waals surface area contributed by atoms with Gasteiger partial charge in [-0.1, -0.05) is 12.2 Å². The molecule has 7 heteroatoms. The Morgan fingerprint density at radius 1 is 1.15 bits per heavy atom. The van der Waals surface area contributed by atoms with Gasteiger partial charge in [0.05, 0.1) is 6.10 Å². The molecule has 3 aliphatic heterocycles. The molecule has 27 heavy (non-hydrogen) atoms. The molecule has 0 aromatic carbocycles. The van der Waals surface area contributed by atoms with Crippen LogP contribution in [0.25, 0.3) is 0 Å². The highest BCUT2D eigenvalue weighted by molar-refractivity contribution is 14.0. The lowest BCUT2D eigenvalue weighted by atomic mass is 9.97. The molecule has 6 nitrogen and oxygen atoms in total. The van der Waals surface area contributed by atoms with Gasteiger partial charge in [-0.05, 0) is 33.1 Å². The van der Waals surface area contributed by atoms with Crippen LogP contribution in [-0.2, 0) is 4.74 Å². The second-order valence-electron chi connectivity index (χ2n) is 8.45. The minimum absolute atomic E-state index is 0. The van der Waals surface area contributed by atoms with Crippen molar-refractivity contribution in [3.63, 3.8) is 0 Å². The van der Waals surface area contributed by atoms with Crippen molar-refractivity contribution >= 4 is 29.9 Å². The summed E-state index contributed by atoms with van der Waals surface area (Å²) in [4.78, 5) is 12.1. The number of piperidine rings is 1. The van der Waals surface area contributed by atoms with Gasteiger partial charge in [-0.15, -0.1) is 24.0 Å². The summed E-state index contributed by atoms with van der Waals surface area (Å²) in [6.07, 6.45) is 8.50. The zero-order valence-corrected chi connectivity index (χ0v) is 19.8. The van der Waals surface area contributed by atoms with Crippen LogP contribution in [0.5, 0.6) is 0 Å². The van der Waals surface area contributed by atoms with Crippen molar-refractivity contribution in [2.24, 2.45) is 4.99 Å². The number of methoxy groups -OCH3 is 1. The maximum Gasteiger partial charge on any atom is 0.193 e. The predicted molar refractivity (Wildman–Crippen MR) is 123 cm³/mol. The molecule has 0 amide bonds. The molecule has 0 radical (unpaired) electrons. The van der Waals surface area contributed by atoms with E-state index in [0.29, 0.717) is 12.1 Å². The van der Waals surface area contributed by atoms with Crippen molar-refractivity contribution < 1.29 is 4.74 Å². The van der Waals surface area contributed by atoms with Gasteiger partial charge < -0.3 is 15.0 Å². The van der Waals surface area contributed by atoms with Crippen LogP contribution >= 0.6 is 24.0 Å². The van der Waals surface area contributed by atoms with E-state index < -0.39 is 0 Å². The standard InChI is InChI=1S/C20H37N5O.HI/c1-20(2,25-13-8-18(26-4)9-14-25)16-22-19(21-3)24-12-7-17(15-24)23-10-5-6-11-23;/h5-6,17-18H,7-16H2,1-4H3,(H,21,22);1H. The molecule has 1 unspecified atom stereocenters. The van der Waals surface area contributed by atoms with Crippen LogP contribution in [0.15, 0.2) is 17.1 Å². The normalized spacial score (nSPS) is 25.9. The number of halogens is 1. The van der Waals surface area contributed by atoms with E-state index in [1.807, 2.05) is 14.2 Å². The van der Waals surface area contributed by atoms with Crippen molar-refractivity contribution in [2.75, 3.05) is 60.0 Å². The van der Waals surface area contributed by atoms with Gasteiger partial charge in [0, 0.05) is 71.6 Å². The lowest BCUT2D eigenvalue weighted by molar-refractivity contribution is 0.00767. The number of nitrogens with one attached hydrogen (secondary N) is 1. The number of hydrogen-bond acceptors (Lipinski definition) is 4. The third kappa shape index (κ3) is 5.81. The molecule has 0 aromatic heterocycles. The van der Waals surface area contributed by atoms with E-state index in [1.165, 1.54) is 6.42 Å². The second-order valence-corrected chi connectivity index (χ2v) is 8.45. The first-order valence-electron chi connectivity index (χ1n) is 10.2. The zero-order chi connectivity index (χ0) is 18.6. The number of aliphatic imine (C=N–C) groups is 1. The molecule has 156 valence electrons. The average molecular weight is 491 g/mol. The van der Waals surface area contributed by atoms with Crippen LogP contribution in [0.1, 0.15) is 33.1 Å². The summed E-state index contributed by atoms with van der Waals surface area (Å²) in [5.41, 5.74) is 0.118. The maximum atomic E-state index is 5.51. The summed E-state index contributed by atoms with van der Waals surface area (Å²) < 4.78 is 5.51. The zero-order valence-electron chi connectivity index (χ0n) is 17.5. The highest BCUT2D eigenvalue weighted by Gasteiger charge is 2.33. The molecule has 0 aromatic rings. The first-order valence-corrected chi connectivity index (χ1v) is 10.2.